The van der Waals surface area contributed by atoms with Gasteiger partial charge in [0.15, 0.2) is 0 Å². The molecule has 3 aromatic heterocycles. The predicted molar refractivity (Wildman–Crippen MR) is 63.2 cm³/mol. The molecule has 3 heterocycles. The Labute approximate surface area is 101 Å². The summed E-state index contributed by atoms with van der Waals surface area (Å²) in [5.74, 6) is -0.0807. The predicted octanol–water partition coefficient (Wildman–Crippen LogP) is 0.494. The summed E-state index contributed by atoms with van der Waals surface area (Å²) in [5.41, 5.74) is 0.854. The normalized spacial score (nSPS) is 10.9. The second kappa shape index (κ2) is 3.66. The molecule has 90 valence electrons. The van der Waals surface area contributed by atoms with Crippen molar-refractivity contribution in [2.24, 2.45) is 0 Å². The molecule has 0 saturated carbocycles. The third-order valence-electron chi connectivity index (χ3n) is 2.67. The monoisotopic (exact) mass is 243 g/mol. The summed E-state index contributed by atoms with van der Waals surface area (Å²) < 4.78 is 1.16. The topological polar surface area (TPSA) is 96.2 Å². The molecule has 0 spiro atoms. The minimum absolute atomic E-state index is 0.0890. The summed E-state index contributed by atoms with van der Waals surface area (Å²) in [6.45, 7) is 1.81. The third-order valence-corrected chi connectivity index (χ3v) is 2.67. The SMILES string of the molecule is Cc1cccnc1-c1c(O)n2ncnc2[nH]c1=O. The molecule has 0 aliphatic rings. The van der Waals surface area contributed by atoms with Crippen LogP contribution in [0.3, 0.4) is 0 Å². The van der Waals surface area contributed by atoms with Crippen molar-refractivity contribution in [1.29, 1.82) is 0 Å². The first-order valence-corrected chi connectivity index (χ1v) is 5.25. The van der Waals surface area contributed by atoms with E-state index in [9.17, 15) is 9.90 Å². The lowest BCUT2D eigenvalue weighted by molar-refractivity contribution is 0.436. The second-order valence-corrected chi connectivity index (χ2v) is 3.82. The number of pyridine rings is 1. The van der Waals surface area contributed by atoms with Crippen LogP contribution in [0.15, 0.2) is 29.5 Å². The van der Waals surface area contributed by atoms with E-state index in [1.807, 2.05) is 13.0 Å². The molecule has 0 aliphatic heterocycles. The number of aromatic amines is 1. The highest BCUT2D eigenvalue weighted by atomic mass is 16.3. The molecule has 0 aliphatic carbocycles. The Hall–Kier alpha value is -2.70. The highest BCUT2D eigenvalue weighted by Gasteiger charge is 2.17. The van der Waals surface area contributed by atoms with Gasteiger partial charge in [0.2, 0.25) is 11.7 Å². The van der Waals surface area contributed by atoms with Crippen molar-refractivity contribution in [3.8, 4) is 17.1 Å². The first kappa shape index (κ1) is 10.5. The molecule has 0 fully saturated rings. The number of fused-ring (bicyclic) bond motifs is 1. The van der Waals surface area contributed by atoms with Crippen LogP contribution >= 0.6 is 0 Å². The maximum atomic E-state index is 12.0. The van der Waals surface area contributed by atoms with E-state index in [0.717, 1.165) is 10.1 Å². The van der Waals surface area contributed by atoms with Gasteiger partial charge in [-0.15, -0.1) is 0 Å². The second-order valence-electron chi connectivity index (χ2n) is 3.82. The molecule has 0 amide bonds. The lowest BCUT2D eigenvalue weighted by Crippen LogP contribution is -2.14. The van der Waals surface area contributed by atoms with Crippen LogP contribution in [-0.4, -0.2) is 29.7 Å². The quantitative estimate of drug-likeness (QED) is 0.648. The molecular weight excluding hydrogens is 234 g/mol. The summed E-state index contributed by atoms with van der Waals surface area (Å²) in [5, 5.41) is 13.9. The van der Waals surface area contributed by atoms with Gasteiger partial charge in [0.05, 0.1) is 5.69 Å². The van der Waals surface area contributed by atoms with Gasteiger partial charge in [-0.3, -0.25) is 14.8 Å². The van der Waals surface area contributed by atoms with Crippen molar-refractivity contribution in [2.75, 3.05) is 0 Å². The molecule has 3 aromatic rings. The molecule has 0 saturated heterocycles. The average molecular weight is 243 g/mol. The molecule has 0 unspecified atom stereocenters. The summed E-state index contributed by atoms with van der Waals surface area (Å²) in [7, 11) is 0. The van der Waals surface area contributed by atoms with E-state index in [1.54, 1.807) is 12.3 Å². The molecule has 0 atom stereocenters. The van der Waals surface area contributed by atoms with Gasteiger partial charge in [-0.05, 0) is 18.6 Å². The summed E-state index contributed by atoms with van der Waals surface area (Å²) in [4.78, 5) is 22.4. The van der Waals surface area contributed by atoms with Crippen LogP contribution in [0.1, 0.15) is 5.56 Å². The Kier molecular flexibility index (Phi) is 2.12. The Morgan fingerprint density at radius 2 is 2.22 bits per heavy atom. The van der Waals surface area contributed by atoms with E-state index < -0.39 is 5.56 Å². The van der Waals surface area contributed by atoms with Crippen LogP contribution in [-0.2, 0) is 0 Å². The van der Waals surface area contributed by atoms with Crippen molar-refractivity contribution in [3.63, 3.8) is 0 Å². The van der Waals surface area contributed by atoms with E-state index >= 15 is 0 Å². The van der Waals surface area contributed by atoms with Crippen molar-refractivity contribution in [3.05, 3.63) is 40.6 Å². The fourth-order valence-corrected chi connectivity index (χ4v) is 1.81. The van der Waals surface area contributed by atoms with Gasteiger partial charge in [-0.25, -0.2) is 0 Å². The molecule has 2 N–H and O–H groups in total. The minimum Gasteiger partial charge on any atom is -0.493 e. The largest absolute Gasteiger partial charge is 0.493 e. The van der Waals surface area contributed by atoms with E-state index in [-0.39, 0.29) is 17.2 Å². The highest BCUT2D eigenvalue weighted by molar-refractivity contribution is 5.67. The number of aryl methyl sites for hydroxylation is 1. The Balaban J connectivity index is 2.43. The van der Waals surface area contributed by atoms with Crippen LogP contribution in [0.4, 0.5) is 0 Å². The van der Waals surface area contributed by atoms with Crippen LogP contribution in [0.25, 0.3) is 17.0 Å². The molecular formula is C11H9N5O2. The van der Waals surface area contributed by atoms with Crippen LogP contribution in [0.5, 0.6) is 5.88 Å². The van der Waals surface area contributed by atoms with Gasteiger partial charge in [0.25, 0.3) is 5.56 Å². The zero-order chi connectivity index (χ0) is 12.7. The first-order chi connectivity index (χ1) is 8.68. The van der Waals surface area contributed by atoms with Gasteiger partial charge < -0.3 is 5.11 Å². The number of hydrogen-bond acceptors (Lipinski definition) is 5. The van der Waals surface area contributed by atoms with Crippen molar-refractivity contribution >= 4 is 5.78 Å². The number of hydrogen-bond donors (Lipinski definition) is 2. The van der Waals surface area contributed by atoms with Crippen LogP contribution < -0.4 is 5.56 Å². The summed E-state index contributed by atoms with van der Waals surface area (Å²) in [6, 6.07) is 3.57. The lowest BCUT2D eigenvalue weighted by atomic mass is 10.1. The zero-order valence-electron chi connectivity index (χ0n) is 9.45. The molecule has 18 heavy (non-hydrogen) atoms. The molecule has 0 radical (unpaired) electrons. The van der Waals surface area contributed by atoms with Gasteiger partial charge >= 0.3 is 0 Å². The van der Waals surface area contributed by atoms with Gasteiger partial charge in [-0.2, -0.15) is 14.6 Å². The standard InChI is InChI=1S/C11H9N5O2/c1-6-3-2-4-12-8(6)7-9(17)15-11-13-5-14-16(11)10(7)18/h2-5,18H,1H3,(H,13,14,15,17). The maximum absolute atomic E-state index is 12.0. The average Bonchev–Trinajstić information content (AvgIpc) is 2.79. The molecule has 0 aromatic carbocycles. The Morgan fingerprint density at radius 3 is 3.00 bits per heavy atom. The minimum atomic E-state index is -0.449. The maximum Gasteiger partial charge on any atom is 0.265 e. The number of aromatic hydroxyl groups is 1. The first-order valence-electron chi connectivity index (χ1n) is 5.25. The number of rotatable bonds is 1. The van der Waals surface area contributed by atoms with Crippen LogP contribution in [0, 0.1) is 6.92 Å². The highest BCUT2D eigenvalue weighted by Crippen LogP contribution is 2.25. The van der Waals surface area contributed by atoms with Gasteiger partial charge in [-0.1, -0.05) is 6.07 Å². The smallest absolute Gasteiger partial charge is 0.265 e. The Bertz CT molecular complexity index is 789. The molecule has 7 heteroatoms. The van der Waals surface area contributed by atoms with E-state index in [0.29, 0.717) is 5.69 Å². The van der Waals surface area contributed by atoms with Gasteiger partial charge in [0, 0.05) is 6.20 Å². The lowest BCUT2D eigenvalue weighted by Gasteiger charge is -2.06. The number of nitrogens with zero attached hydrogens (tertiary/aromatic N) is 4. The summed E-state index contributed by atoms with van der Waals surface area (Å²) in [6.07, 6.45) is 2.81. The fraction of sp³-hybridized carbons (Fsp3) is 0.0909. The van der Waals surface area contributed by atoms with Crippen molar-refractivity contribution in [1.82, 2.24) is 24.6 Å². The van der Waals surface area contributed by atoms with Crippen LogP contribution in [0.2, 0.25) is 0 Å². The summed E-state index contributed by atoms with van der Waals surface area (Å²) >= 11 is 0. The van der Waals surface area contributed by atoms with E-state index in [1.165, 1.54) is 6.33 Å². The number of nitrogens with one attached hydrogen (secondary N) is 1. The van der Waals surface area contributed by atoms with Crippen molar-refractivity contribution in [2.45, 2.75) is 6.92 Å². The number of aromatic nitrogens is 5. The molecule has 7 nitrogen and oxygen atoms in total. The third kappa shape index (κ3) is 1.37. The molecule has 3 rings (SSSR count). The Morgan fingerprint density at radius 1 is 1.39 bits per heavy atom. The van der Waals surface area contributed by atoms with Gasteiger partial charge in [0.1, 0.15) is 11.9 Å². The van der Waals surface area contributed by atoms with E-state index in [2.05, 4.69) is 20.1 Å². The van der Waals surface area contributed by atoms with E-state index in [4.69, 9.17) is 0 Å². The number of H-pyrrole nitrogens is 1. The zero-order valence-corrected chi connectivity index (χ0v) is 9.45. The fourth-order valence-electron chi connectivity index (χ4n) is 1.81. The molecule has 0 bridgehead atoms. The van der Waals surface area contributed by atoms with Crippen molar-refractivity contribution < 1.29 is 5.11 Å².